The molecule has 1 heterocycles. The molecule has 2 aromatic rings. The van der Waals surface area contributed by atoms with E-state index in [4.69, 9.17) is 9.84 Å². The van der Waals surface area contributed by atoms with Crippen molar-refractivity contribution in [3.8, 4) is 5.75 Å². The molecule has 2 aliphatic carbocycles. The number of ether oxygens (including phenoxy) is 1. The van der Waals surface area contributed by atoms with Crippen molar-refractivity contribution in [2.45, 2.75) is 36.8 Å². The SMILES string of the molecule is O=C(O)C1C[C@@H]1c1cc(F)c(OCc2cccc(SCC3CC3)n2)c(F)c1. The molecule has 2 atom stereocenters. The number of carboxylic acid groups (broad SMARTS) is 1. The van der Waals surface area contributed by atoms with Gasteiger partial charge in [-0.15, -0.1) is 11.8 Å². The second kappa shape index (κ2) is 7.46. The Hall–Kier alpha value is -2.15. The Morgan fingerprint density at radius 2 is 2.00 bits per heavy atom. The standard InChI is InChI=1S/C20H19F2NO3S/c21-16-6-12(14-8-15(14)20(24)25)7-17(22)19(16)26-9-13-2-1-3-18(23-13)27-10-11-4-5-11/h1-3,6-7,11,14-15H,4-5,8-10H2,(H,24,25)/t14-,15?/m1/s1. The van der Waals surface area contributed by atoms with E-state index in [1.807, 2.05) is 12.1 Å². The lowest BCUT2D eigenvalue weighted by atomic mass is 10.1. The maximum Gasteiger partial charge on any atom is 0.307 e. The van der Waals surface area contributed by atoms with Crippen LogP contribution in [0.3, 0.4) is 0 Å². The molecule has 2 fully saturated rings. The average Bonchev–Trinajstić information content (AvgIpc) is 3.53. The molecule has 27 heavy (non-hydrogen) atoms. The summed E-state index contributed by atoms with van der Waals surface area (Å²) < 4.78 is 33.9. The molecule has 0 saturated heterocycles. The molecule has 142 valence electrons. The molecule has 0 aliphatic heterocycles. The lowest BCUT2D eigenvalue weighted by Crippen LogP contribution is -2.04. The molecule has 0 radical (unpaired) electrons. The summed E-state index contributed by atoms with van der Waals surface area (Å²) in [6, 6.07) is 7.87. The molecule has 7 heteroatoms. The molecule has 0 amide bonds. The van der Waals surface area contributed by atoms with Crippen molar-refractivity contribution >= 4 is 17.7 Å². The summed E-state index contributed by atoms with van der Waals surface area (Å²) in [5, 5.41) is 9.84. The van der Waals surface area contributed by atoms with Gasteiger partial charge in [0, 0.05) is 5.75 Å². The van der Waals surface area contributed by atoms with Crippen molar-refractivity contribution in [2.24, 2.45) is 11.8 Å². The summed E-state index contributed by atoms with van der Waals surface area (Å²) in [6.07, 6.45) is 2.96. The van der Waals surface area contributed by atoms with Gasteiger partial charge in [0.05, 0.1) is 16.6 Å². The van der Waals surface area contributed by atoms with Gasteiger partial charge in [0.2, 0.25) is 0 Å². The first-order valence-corrected chi connectivity index (χ1v) is 9.93. The maximum absolute atomic E-state index is 14.3. The summed E-state index contributed by atoms with van der Waals surface area (Å²) in [7, 11) is 0. The Kier molecular flexibility index (Phi) is 5.04. The van der Waals surface area contributed by atoms with Crippen molar-refractivity contribution in [1.29, 1.82) is 0 Å². The van der Waals surface area contributed by atoms with Crippen molar-refractivity contribution in [3.05, 3.63) is 53.2 Å². The first kappa shape index (κ1) is 18.2. The molecule has 1 aromatic carbocycles. The van der Waals surface area contributed by atoms with E-state index in [9.17, 15) is 13.6 Å². The molecular weight excluding hydrogens is 372 g/mol. The van der Waals surface area contributed by atoms with Crippen molar-refractivity contribution in [1.82, 2.24) is 4.98 Å². The van der Waals surface area contributed by atoms with Crippen molar-refractivity contribution in [3.63, 3.8) is 0 Å². The minimum atomic E-state index is -0.938. The van der Waals surface area contributed by atoms with Crippen molar-refractivity contribution < 1.29 is 23.4 Å². The first-order chi connectivity index (χ1) is 13.0. The molecule has 2 aliphatic rings. The molecule has 0 bridgehead atoms. The summed E-state index contributed by atoms with van der Waals surface area (Å²) in [6.45, 7) is -0.0355. The summed E-state index contributed by atoms with van der Waals surface area (Å²) in [5.74, 6) is -2.10. The summed E-state index contributed by atoms with van der Waals surface area (Å²) in [4.78, 5) is 15.4. The highest BCUT2D eigenvalue weighted by atomic mass is 32.2. The van der Waals surface area contributed by atoms with Crippen LogP contribution in [0.1, 0.15) is 36.4 Å². The van der Waals surface area contributed by atoms with Gasteiger partial charge in [0.15, 0.2) is 17.4 Å². The molecule has 1 N–H and O–H groups in total. The van der Waals surface area contributed by atoms with E-state index in [1.165, 1.54) is 25.0 Å². The lowest BCUT2D eigenvalue weighted by Gasteiger charge is -2.10. The van der Waals surface area contributed by atoms with E-state index < -0.39 is 29.3 Å². The maximum atomic E-state index is 14.3. The van der Waals surface area contributed by atoms with E-state index in [1.54, 1.807) is 17.8 Å². The highest BCUT2D eigenvalue weighted by Crippen LogP contribution is 2.48. The fraction of sp³-hybridized carbons (Fsp3) is 0.400. The number of aliphatic carboxylic acids is 1. The number of halogens is 2. The zero-order chi connectivity index (χ0) is 19.0. The Morgan fingerprint density at radius 1 is 1.26 bits per heavy atom. The zero-order valence-corrected chi connectivity index (χ0v) is 15.3. The fourth-order valence-corrected chi connectivity index (χ4v) is 4.12. The highest BCUT2D eigenvalue weighted by Gasteiger charge is 2.44. The van der Waals surface area contributed by atoms with E-state index >= 15 is 0 Å². The van der Waals surface area contributed by atoms with Gasteiger partial charge < -0.3 is 9.84 Å². The second-order valence-electron chi connectivity index (χ2n) is 7.11. The van der Waals surface area contributed by atoms with Gasteiger partial charge in [0.1, 0.15) is 6.61 Å². The lowest BCUT2D eigenvalue weighted by molar-refractivity contribution is -0.138. The van der Waals surface area contributed by atoms with E-state index in [-0.39, 0.29) is 12.5 Å². The van der Waals surface area contributed by atoms with Crippen LogP contribution in [0.25, 0.3) is 0 Å². The average molecular weight is 391 g/mol. The largest absolute Gasteiger partial charge is 0.481 e. The molecule has 0 spiro atoms. The van der Waals surface area contributed by atoms with Crippen LogP contribution < -0.4 is 4.74 Å². The number of benzene rings is 1. The van der Waals surface area contributed by atoms with Crippen LogP contribution in [0, 0.1) is 23.5 Å². The van der Waals surface area contributed by atoms with E-state index in [2.05, 4.69) is 4.98 Å². The molecule has 2 saturated carbocycles. The third kappa shape index (κ3) is 4.40. The monoisotopic (exact) mass is 391 g/mol. The Labute approximate surface area is 160 Å². The predicted octanol–water partition coefficient (Wildman–Crippen LogP) is 4.63. The predicted molar refractivity (Wildman–Crippen MR) is 96.9 cm³/mol. The molecule has 4 nitrogen and oxygen atoms in total. The quantitative estimate of drug-likeness (QED) is 0.665. The second-order valence-corrected chi connectivity index (χ2v) is 8.15. The highest BCUT2D eigenvalue weighted by molar-refractivity contribution is 7.99. The number of pyridine rings is 1. The van der Waals surface area contributed by atoms with Crippen LogP contribution in [-0.4, -0.2) is 21.8 Å². The Bertz CT molecular complexity index is 849. The fourth-order valence-electron chi connectivity index (χ4n) is 3.02. The third-order valence-electron chi connectivity index (χ3n) is 4.87. The van der Waals surface area contributed by atoms with Crippen LogP contribution in [0.4, 0.5) is 8.78 Å². The van der Waals surface area contributed by atoms with Crippen LogP contribution in [0.15, 0.2) is 35.4 Å². The number of nitrogens with zero attached hydrogens (tertiary/aromatic N) is 1. The third-order valence-corrected chi connectivity index (χ3v) is 6.03. The number of carboxylic acids is 1. The number of aromatic nitrogens is 1. The summed E-state index contributed by atoms with van der Waals surface area (Å²) >= 11 is 1.68. The van der Waals surface area contributed by atoms with Crippen LogP contribution in [0.5, 0.6) is 5.75 Å². The van der Waals surface area contributed by atoms with E-state index in [0.29, 0.717) is 17.7 Å². The van der Waals surface area contributed by atoms with Gasteiger partial charge >= 0.3 is 5.97 Å². The summed E-state index contributed by atoms with van der Waals surface area (Å²) in [5.41, 5.74) is 0.966. The van der Waals surface area contributed by atoms with Crippen LogP contribution >= 0.6 is 11.8 Å². The normalized spacial score (nSPS) is 21.1. The minimum Gasteiger partial charge on any atom is -0.481 e. The number of hydrogen-bond acceptors (Lipinski definition) is 4. The van der Waals surface area contributed by atoms with Gasteiger partial charge in [-0.3, -0.25) is 4.79 Å². The first-order valence-electron chi connectivity index (χ1n) is 8.94. The molecule has 1 unspecified atom stereocenters. The molecule has 1 aromatic heterocycles. The van der Waals surface area contributed by atoms with Gasteiger partial charge in [-0.25, -0.2) is 13.8 Å². The van der Waals surface area contributed by atoms with Crippen molar-refractivity contribution in [2.75, 3.05) is 5.75 Å². The van der Waals surface area contributed by atoms with Gasteiger partial charge in [0.25, 0.3) is 0 Å². The van der Waals surface area contributed by atoms with E-state index in [0.717, 1.165) is 16.7 Å². The smallest absolute Gasteiger partial charge is 0.307 e. The molecular formula is C20H19F2NO3S. The Morgan fingerprint density at radius 3 is 2.63 bits per heavy atom. The number of hydrogen-bond donors (Lipinski definition) is 1. The number of carbonyl (C=O) groups is 1. The van der Waals surface area contributed by atoms with Gasteiger partial charge in [-0.05, 0) is 60.9 Å². The van der Waals surface area contributed by atoms with Gasteiger partial charge in [-0.1, -0.05) is 6.07 Å². The molecule has 4 rings (SSSR count). The number of rotatable bonds is 8. The van der Waals surface area contributed by atoms with Crippen LogP contribution in [-0.2, 0) is 11.4 Å². The van der Waals surface area contributed by atoms with Gasteiger partial charge in [-0.2, -0.15) is 0 Å². The topological polar surface area (TPSA) is 59.4 Å². The zero-order valence-electron chi connectivity index (χ0n) is 14.5. The minimum absolute atomic E-state index is 0.0355. The Balaban J connectivity index is 1.40. The van der Waals surface area contributed by atoms with Crippen LogP contribution in [0.2, 0.25) is 0 Å². The number of thioether (sulfide) groups is 1.